The van der Waals surface area contributed by atoms with Crippen LogP contribution in [0.1, 0.15) is 31.1 Å². The summed E-state index contributed by atoms with van der Waals surface area (Å²) in [4.78, 5) is 0. The number of nitrogens with one attached hydrogen (secondary N) is 1. The molecule has 1 N–H and O–H groups in total. The molecule has 0 aliphatic carbocycles. The Bertz CT molecular complexity index is 1260. The Morgan fingerprint density at radius 1 is 1.06 bits per heavy atom. The number of fused-ring (bicyclic) bond motifs is 2. The van der Waals surface area contributed by atoms with Crippen LogP contribution < -0.4 is 9.47 Å². The molecule has 4 rings (SSSR count). The van der Waals surface area contributed by atoms with Crippen LogP contribution in [0, 0.1) is 56.2 Å². The van der Waals surface area contributed by atoms with E-state index in [0.717, 1.165) is 0 Å². The summed E-state index contributed by atoms with van der Waals surface area (Å²) < 4.78 is 23.5. The minimum absolute atomic E-state index is 0.376. The largest absolute Gasteiger partial charge is 0.493 e. The summed E-state index contributed by atoms with van der Waals surface area (Å²) in [5.41, 5.74) is -3.06. The van der Waals surface area contributed by atoms with E-state index in [2.05, 4.69) is 6.07 Å². The van der Waals surface area contributed by atoms with Crippen LogP contribution in [0.2, 0.25) is 5.02 Å². The molecule has 2 fully saturated rings. The van der Waals surface area contributed by atoms with E-state index in [1.807, 2.05) is 19.1 Å². The second kappa shape index (κ2) is 8.22. The third-order valence-corrected chi connectivity index (χ3v) is 6.96. The lowest BCUT2D eigenvalue weighted by Gasteiger charge is -2.48. The maximum absolute atomic E-state index is 10.4. The summed E-state index contributed by atoms with van der Waals surface area (Å²) in [5, 5.41) is 40.2. The molecule has 34 heavy (non-hydrogen) atoms. The van der Waals surface area contributed by atoms with Gasteiger partial charge in [0, 0.05) is 10.6 Å². The molecular formula is C25H21ClN4O4. The summed E-state index contributed by atoms with van der Waals surface area (Å²) in [6, 6.07) is 17.7. The number of nitrogens with zero attached hydrogens (tertiary/aromatic N) is 3. The van der Waals surface area contributed by atoms with Crippen LogP contribution in [0.25, 0.3) is 0 Å². The number of halogens is 1. The van der Waals surface area contributed by atoms with Crippen molar-refractivity contribution >= 4 is 17.5 Å². The summed E-state index contributed by atoms with van der Waals surface area (Å²) >= 11 is 6.07. The Morgan fingerprint density at radius 2 is 1.74 bits per heavy atom. The first-order chi connectivity index (χ1) is 16.3. The minimum Gasteiger partial charge on any atom is -0.493 e. The Labute approximate surface area is 202 Å². The molecular weight excluding hydrogens is 456 g/mol. The first-order valence-electron chi connectivity index (χ1n) is 10.6. The Morgan fingerprint density at radius 3 is 2.29 bits per heavy atom. The molecule has 2 aromatic rings. The lowest BCUT2D eigenvalue weighted by molar-refractivity contribution is -0.288. The molecule has 0 aromatic heterocycles. The summed E-state index contributed by atoms with van der Waals surface area (Å²) in [6.07, 6.45) is -1.25. The first-order valence-corrected chi connectivity index (χ1v) is 10.9. The van der Waals surface area contributed by atoms with E-state index in [1.54, 1.807) is 49.4 Å². The fourth-order valence-electron chi connectivity index (χ4n) is 4.97. The van der Waals surface area contributed by atoms with Crippen LogP contribution in [0.3, 0.4) is 0 Å². The number of benzene rings is 2. The quantitative estimate of drug-likeness (QED) is 0.651. The van der Waals surface area contributed by atoms with E-state index < -0.39 is 34.5 Å². The average molecular weight is 477 g/mol. The number of hydrogen-bond acceptors (Lipinski definition) is 8. The van der Waals surface area contributed by atoms with Gasteiger partial charge in [-0.1, -0.05) is 36.7 Å². The molecule has 2 bridgehead atoms. The third-order valence-electron chi connectivity index (χ3n) is 6.71. The van der Waals surface area contributed by atoms with Crippen LogP contribution in [-0.2, 0) is 15.3 Å². The van der Waals surface area contributed by atoms with E-state index in [9.17, 15) is 15.8 Å². The Kier molecular flexibility index (Phi) is 5.66. The summed E-state index contributed by atoms with van der Waals surface area (Å²) in [5.74, 6) is -2.08. The molecule has 2 aliphatic heterocycles. The Hall–Kier alpha value is -3.77. The highest BCUT2D eigenvalue weighted by molar-refractivity contribution is 6.30. The van der Waals surface area contributed by atoms with Crippen molar-refractivity contribution in [3.63, 3.8) is 0 Å². The van der Waals surface area contributed by atoms with Crippen molar-refractivity contribution < 1.29 is 18.9 Å². The second-order valence-electron chi connectivity index (χ2n) is 8.12. The molecule has 4 unspecified atom stereocenters. The van der Waals surface area contributed by atoms with Crippen molar-refractivity contribution in [1.82, 2.24) is 0 Å². The molecule has 0 spiro atoms. The highest BCUT2D eigenvalue weighted by Gasteiger charge is 2.79. The average Bonchev–Trinajstić information content (AvgIpc) is 3.01. The van der Waals surface area contributed by atoms with Crippen LogP contribution in [0.5, 0.6) is 11.5 Å². The fourth-order valence-corrected chi connectivity index (χ4v) is 5.10. The minimum atomic E-state index is -2.08. The molecule has 4 atom stereocenters. The first kappa shape index (κ1) is 23.4. The van der Waals surface area contributed by atoms with Gasteiger partial charge in [-0.15, -0.1) is 0 Å². The maximum Gasteiger partial charge on any atom is 0.244 e. The zero-order valence-corrected chi connectivity index (χ0v) is 19.5. The number of nitriles is 3. The topological polar surface area (TPSA) is 132 Å². The molecule has 2 aliphatic rings. The van der Waals surface area contributed by atoms with Crippen molar-refractivity contribution in [1.29, 1.82) is 21.2 Å². The number of ether oxygens (including phenoxy) is 4. The van der Waals surface area contributed by atoms with Gasteiger partial charge in [-0.25, -0.2) is 0 Å². The monoisotopic (exact) mass is 476 g/mol. The van der Waals surface area contributed by atoms with Gasteiger partial charge in [0.05, 0.1) is 37.8 Å². The maximum atomic E-state index is 10.4. The molecule has 9 heteroatoms. The van der Waals surface area contributed by atoms with Gasteiger partial charge >= 0.3 is 0 Å². The molecule has 8 nitrogen and oxygen atoms in total. The fraction of sp³-hybridized carbons (Fsp3) is 0.360. The SMILES string of the molecule is CCOc1ccc(C2OC3(c4ccc(Cl)cc4)OC(=N)C(C#N)(C3C)C2(C#N)C#N)cc1OC. The van der Waals surface area contributed by atoms with Crippen LogP contribution >= 0.6 is 11.6 Å². The van der Waals surface area contributed by atoms with E-state index in [4.69, 9.17) is 36.0 Å². The van der Waals surface area contributed by atoms with Gasteiger partial charge in [0.25, 0.3) is 0 Å². The van der Waals surface area contributed by atoms with Crippen LogP contribution in [0.15, 0.2) is 42.5 Å². The molecule has 0 saturated carbocycles. The summed E-state index contributed by atoms with van der Waals surface area (Å²) in [6.45, 7) is 3.90. The molecule has 2 heterocycles. The summed E-state index contributed by atoms with van der Waals surface area (Å²) in [7, 11) is 1.47. The van der Waals surface area contributed by atoms with Crippen molar-refractivity contribution in [3.8, 4) is 29.7 Å². The molecule has 2 saturated heterocycles. The van der Waals surface area contributed by atoms with E-state index in [-0.39, 0.29) is 0 Å². The smallest absolute Gasteiger partial charge is 0.244 e. The Balaban J connectivity index is 2.00. The van der Waals surface area contributed by atoms with Gasteiger partial charge in [0.2, 0.25) is 17.1 Å². The standard InChI is InChI=1S/C25H21ClN4O4/c1-4-32-19-10-5-16(11-20(19)31-3)21-23(12-27,13-28)24(14-29)15(2)25(33-21,34-22(24)30)17-6-8-18(26)9-7-17/h5-11,15,21,30H,4H2,1-3H3. The van der Waals surface area contributed by atoms with Gasteiger partial charge < -0.3 is 18.9 Å². The van der Waals surface area contributed by atoms with E-state index in [0.29, 0.717) is 34.3 Å². The van der Waals surface area contributed by atoms with Crippen molar-refractivity contribution in [3.05, 3.63) is 58.6 Å². The van der Waals surface area contributed by atoms with Crippen molar-refractivity contribution in [2.75, 3.05) is 13.7 Å². The molecule has 0 amide bonds. The lowest BCUT2D eigenvalue weighted by atomic mass is 9.53. The second-order valence-corrected chi connectivity index (χ2v) is 8.56. The zero-order chi connectivity index (χ0) is 24.7. The van der Waals surface area contributed by atoms with E-state index >= 15 is 0 Å². The van der Waals surface area contributed by atoms with Crippen molar-refractivity contribution in [2.24, 2.45) is 16.7 Å². The highest BCUT2D eigenvalue weighted by atomic mass is 35.5. The number of hydrogen-bond donors (Lipinski definition) is 1. The molecule has 0 radical (unpaired) electrons. The zero-order valence-electron chi connectivity index (χ0n) is 18.8. The van der Waals surface area contributed by atoms with Crippen LogP contribution in [-0.4, -0.2) is 19.6 Å². The van der Waals surface area contributed by atoms with Crippen molar-refractivity contribution in [2.45, 2.75) is 25.7 Å². The molecule has 2 aromatic carbocycles. The van der Waals surface area contributed by atoms with Gasteiger partial charge in [-0.05, 0) is 36.8 Å². The molecule has 172 valence electrons. The van der Waals surface area contributed by atoms with Crippen LogP contribution in [0.4, 0.5) is 0 Å². The lowest BCUT2D eigenvalue weighted by Crippen LogP contribution is -2.57. The van der Waals surface area contributed by atoms with Gasteiger partial charge in [-0.3, -0.25) is 5.41 Å². The normalized spacial score (nSPS) is 28.7. The number of methoxy groups -OCH3 is 1. The predicted molar refractivity (Wildman–Crippen MR) is 121 cm³/mol. The predicted octanol–water partition coefficient (Wildman–Crippen LogP) is 4.86. The third kappa shape index (κ3) is 2.82. The van der Waals surface area contributed by atoms with Gasteiger partial charge in [0.15, 0.2) is 16.9 Å². The highest BCUT2D eigenvalue weighted by Crippen LogP contribution is 2.69. The van der Waals surface area contributed by atoms with Gasteiger partial charge in [0.1, 0.15) is 6.10 Å². The van der Waals surface area contributed by atoms with E-state index in [1.165, 1.54) is 7.11 Å². The van der Waals surface area contributed by atoms with Gasteiger partial charge in [-0.2, -0.15) is 15.8 Å². The number of rotatable bonds is 5.